The van der Waals surface area contributed by atoms with E-state index in [1.807, 2.05) is 59.2 Å². The van der Waals surface area contributed by atoms with Crippen LogP contribution in [0.25, 0.3) is 11.2 Å². The van der Waals surface area contributed by atoms with Gasteiger partial charge in [0, 0.05) is 0 Å². The van der Waals surface area contributed by atoms with Crippen LogP contribution in [-0.4, -0.2) is 19.5 Å². The molecule has 5 rings (SSSR count). The van der Waals surface area contributed by atoms with E-state index >= 15 is 0 Å². The summed E-state index contributed by atoms with van der Waals surface area (Å²) < 4.78 is 2.48. The Morgan fingerprint density at radius 3 is 1.70 bits per heavy atom. The van der Waals surface area contributed by atoms with Crippen molar-refractivity contribution < 1.29 is 0 Å². The van der Waals surface area contributed by atoms with E-state index in [9.17, 15) is 0 Å². The lowest BCUT2D eigenvalue weighted by Gasteiger charge is -2.39. The van der Waals surface area contributed by atoms with E-state index in [-0.39, 0.29) is 0 Å². The maximum absolute atomic E-state index is 6.58. The minimum atomic E-state index is -0.808. The fourth-order valence-electron chi connectivity index (χ4n) is 4.15. The van der Waals surface area contributed by atoms with Gasteiger partial charge >= 0.3 is 0 Å². The van der Waals surface area contributed by atoms with Crippen LogP contribution in [-0.2, 0) is 5.54 Å². The summed E-state index contributed by atoms with van der Waals surface area (Å²) in [4.78, 5) is 12.0. The number of aromatic amines is 1. The number of nitrogens with zero attached hydrogens (tertiary/aromatic N) is 3. The van der Waals surface area contributed by atoms with Crippen molar-refractivity contribution >= 4 is 29.3 Å². The fraction of sp³-hybridized carbons (Fsp3) is 0.0417. The minimum Gasteiger partial charge on any atom is -0.369 e. The van der Waals surface area contributed by atoms with Gasteiger partial charge in [0.2, 0.25) is 5.95 Å². The van der Waals surface area contributed by atoms with E-state index in [2.05, 4.69) is 51.4 Å². The van der Waals surface area contributed by atoms with Crippen LogP contribution in [0.3, 0.4) is 0 Å². The van der Waals surface area contributed by atoms with E-state index in [4.69, 9.17) is 18.0 Å². The van der Waals surface area contributed by atoms with Crippen molar-refractivity contribution in [1.29, 1.82) is 0 Å². The molecule has 2 aromatic heterocycles. The van der Waals surface area contributed by atoms with Gasteiger partial charge < -0.3 is 10.7 Å². The highest BCUT2D eigenvalue weighted by Gasteiger charge is 2.40. The molecule has 0 unspecified atom stereocenters. The monoisotopic (exact) mass is 409 g/mol. The molecule has 2 heterocycles. The van der Waals surface area contributed by atoms with Crippen molar-refractivity contribution in [3.05, 3.63) is 119 Å². The van der Waals surface area contributed by atoms with Gasteiger partial charge in [-0.05, 0) is 16.7 Å². The van der Waals surface area contributed by atoms with E-state index < -0.39 is 5.54 Å². The van der Waals surface area contributed by atoms with Gasteiger partial charge in [-0.25, -0.2) is 4.98 Å². The number of benzene rings is 3. The van der Waals surface area contributed by atoms with Crippen LogP contribution in [0, 0.1) is 4.64 Å². The topological polar surface area (TPSA) is 72.5 Å². The van der Waals surface area contributed by atoms with E-state index in [0.29, 0.717) is 21.8 Å². The van der Waals surface area contributed by atoms with Crippen molar-refractivity contribution in [2.45, 2.75) is 5.54 Å². The summed E-state index contributed by atoms with van der Waals surface area (Å²) in [5.74, 6) is 0.302. The number of nitrogens with one attached hydrogen (secondary N) is 1. The molecule has 0 radical (unpaired) electrons. The Morgan fingerprint density at radius 2 is 1.23 bits per heavy atom. The van der Waals surface area contributed by atoms with Gasteiger partial charge in [0.05, 0.1) is 6.33 Å². The van der Waals surface area contributed by atoms with Crippen molar-refractivity contribution in [3.63, 3.8) is 0 Å². The highest BCUT2D eigenvalue weighted by Crippen LogP contribution is 2.42. The normalized spacial score (nSPS) is 11.6. The average molecular weight is 410 g/mol. The molecule has 5 aromatic rings. The largest absolute Gasteiger partial charge is 0.369 e. The first-order valence-corrected chi connectivity index (χ1v) is 10.0. The molecular formula is C24H19N5S. The Bertz CT molecular complexity index is 1260. The van der Waals surface area contributed by atoms with Crippen molar-refractivity contribution in [1.82, 2.24) is 19.5 Å². The zero-order valence-corrected chi connectivity index (χ0v) is 16.9. The summed E-state index contributed by atoms with van der Waals surface area (Å²) in [7, 11) is 0. The third-order valence-electron chi connectivity index (χ3n) is 5.40. The summed E-state index contributed by atoms with van der Waals surface area (Å²) in [6.45, 7) is 0. The molecule has 0 saturated carbocycles. The van der Waals surface area contributed by atoms with Crippen LogP contribution in [0.1, 0.15) is 16.7 Å². The molecule has 0 saturated heterocycles. The Hall–Kier alpha value is -3.77. The van der Waals surface area contributed by atoms with Crippen LogP contribution in [0.5, 0.6) is 0 Å². The van der Waals surface area contributed by atoms with E-state index in [1.165, 1.54) is 0 Å². The molecule has 6 heteroatoms. The number of rotatable bonds is 4. The number of aromatic nitrogens is 4. The van der Waals surface area contributed by atoms with Gasteiger partial charge in [0.1, 0.15) is 15.7 Å². The zero-order valence-electron chi connectivity index (χ0n) is 16.1. The standard InChI is InChI=1S/C24H19N5S/c25-23-28-21-20(26-16-27-21)22(30)29(23)24(17-10-4-1-5-11-17,18-12-6-2-7-13-18)19-14-8-3-9-15-19/h1-16H,(H2,25,28)(H,26,27). The fourth-order valence-corrected chi connectivity index (χ4v) is 4.53. The molecule has 3 N–H and O–H groups in total. The van der Waals surface area contributed by atoms with Gasteiger partial charge in [-0.3, -0.25) is 4.57 Å². The SMILES string of the molecule is Nc1nc2nc[nH]c2c(=S)n1C(c1ccccc1)(c1ccccc1)c1ccccc1. The van der Waals surface area contributed by atoms with Gasteiger partial charge in [0.25, 0.3) is 0 Å². The molecule has 5 nitrogen and oxygen atoms in total. The first-order valence-electron chi connectivity index (χ1n) is 9.61. The Kier molecular flexibility index (Phi) is 4.41. The van der Waals surface area contributed by atoms with Gasteiger partial charge in [-0.15, -0.1) is 0 Å². The molecule has 3 aromatic carbocycles. The van der Waals surface area contributed by atoms with E-state index in [0.717, 1.165) is 16.7 Å². The second-order valence-electron chi connectivity index (χ2n) is 7.02. The molecule has 0 fully saturated rings. The molecule has 0 aliphatic rings. The maximum atomic E-state index is 6.58. The van der Waals surface area contributed by atoms with Crippen LogP contribution >= 0.6 is 12.2 Å². The number of nitrogen functional groups attached to an aromatic ring is 1. The molecule has 146 valence electrons. The van der Waals surface area contributed by atoms with Gasteiger partial charge in [-0.1, -0.05) is 103 Å². The Morgan fingerprint density at radius 1 is 0.767 bits per heavy atom. The van der Waals surface area contributed by atoms with E-state index in [1.54, 1.807) is 6.33 Å². The second-order valence-corrected chi connectivity index (χ2v) is 7.41. The lowest BCUT2D eigenvalue weighted by molar-refractivity contribution is 0.510. The third kappa shape index (κ3) is 2.65. The van der Waals surface area contributed by atoms with Gasteiger partial charge in [-0.2, -0.15) is 4.98 Å². The molecule has 0 bridgehead atoms. The highest BCUT2D eigenvalue weighted by molar-refractivity contribution is 7.71. The Labute approximate surface area is 178 Å². The molecule has 0 spiro atoms. The predicted molar refractivity (Wildman–Crippen MR) is 122 cm³/mol. The second kappa shape index (κ2) is 7.24. The first-order chi connectivity index (χ1) is 14.7. The average Bonchev–Trinajstić information content (AvgIpc) is 3.27. The van der Waals surface area contributed by atoms with Crippen LogP contribution in [0.15, 0.2) is 97.3 Å². The summed E-state index contributed by atoms with van der Waals surface area (Å²) in [5.41, 5.74) is 10.1. The summed E-state index contributed by atoms with van der Waals surface area (Å²) in [6.07, 6.45) is 1.59. The van der Waals surface area contributed by atoms with Crippen molar-refractivity contribution in [2.24, 2.45) is 0 Å². The molecule has 0 amide bonds. The summed E-state index contributed by atoms with van der Waals surface area (Å²) >= 11 is 5.95. The number of hydrogen-bond acceptors (Lipinski definition) is 4. The number of H-pyrrole nitrogens is 1. The summed E-state index contributed by atoms with van der Waals surface area (Å²) in [5, 5.41) is 0. The molecular weight excluding hydrogens is 390 g/mol. The van der Waals surface area contributed by atoms with Crippen LogP contribution < -0.4 is 5.73 Å². The van der Waals surface area contributed by atoms with Crippen molar-refractivity contribution in [3.8, 4) is 0 Å². The maximum Gasteiger partial charge on any atom is 0.204 e. The number of nitrogens with two attached hydrogens (primary N) is 1. The first kappa shape index (κ1) is 18.3. The number of fused-ring (bicyclic) bond motifs is 1. The van der Waals surface area contributed by atoms with Crippen LogP contribution in [0.4, 0.5) is 5.95 Å². The predicted octanol–water partition coefficient (Wildman–Crippen LogP) is 4.91. The number of imidazole rings is 1. The zero-order chi connectivity index (χ0) is 20.6. The smallest absolute Gasteiger partial charge is 0.204 e. The molecule has 0 aliphatic heterocycles. The third-order valence-corrected chi connectivity index (χ3v) is 5.78. The van der Waals surface area contributed by atoms with Crippen LogP contribution in [0.2, 0.25) is 0 Å². The summed E-state index contributed by atoms with van der Waals surface area (Å²) in [6, 6.07) is 30.7. The number of hydrogen-bond donors (Lipinski definition) is 2. The van der Waals surface area contributed by atoms with Gasteiger partial charge in [0.15, 0.2) is 5.65 Å². The molecule has 0 atom stereocenters. The minimum absolute atomic E-state index is 0.302. The highest BCUT2D eigenvalue weighted by atomic mass is 32.1. The molecule has 30 heavy (non-hydrogen) atoms. The molecule has 0 aliphatic carbocycles. The Balaban J connectivity index is 2.02. The number of anilines is 1. The quantitative estimate of drug-likeness (QED) is 0.327. The van der Waals surface area contributed by atoms with Crippen molar-refractivity contribution in [2.75, 3.05) is 5.73 Å². The lowest BCUT2D eigenvalue weighted by Crippen LogP contribution is -2.40. The lowest BCUT2D eigenvalue weighted by atomic mass is 9.76.